The number of hydrogen-bond acceptors (Lipinski definition) is 2. The van der Waals surface area contributed by atoms with Gasteiger partial charge in [-0.1, -0.05) is 68.8 Å². The third kappa shape index (κ3) is 5.30. The molecule has 0 aromatic heterocycles. The van der Waals surface area contributed by atoms with Crippen molar-refractivity contribution in [1.82, 2.24) is 10.6 Å². The van der Waals surface area contributed by atoms with Gasteiger partial charge in [-0.2, -0.15) is 0 Å². The average molecular weight is 326 g/mol. The van der Waals surface area contributed by atoms with Gasteiger partial charge in [0, 0.05) is 6.54 Å². The minimum absolute atomic E-state index is 0.0169. The summed E-state index contributed by atoms with van der Waals surface area (Å²) in [6.45, 7) is 9.13. The van der Waals surface area contributed by atoms with Crippen LogP contribution in [0.2, 0.25) is 0 Å². The molecule has 0 saturated heterocycles. The van der Waals surface area contributed by atoms with Crippen molar-refractivity contribution in [3.8, 4) is 5.75 Å². The SMILES string of the molecule is Cc1ccc(OCNC(=O)NCc2ccccc2)c(C(C)(C)C)c1. The van der Waals surface area contributed by atoms with Gasteiger partial charge in [-0.25, -0.2) is 4.79 Å². The average Bonchev–Trinajstić information content (AvgIpc) is 2.54. The highest BCUT2D eigenvalue weighted by Crippen LogP contribution is 2.31. The normalized spacial score (nSPS) is 11.0. The maximum absolute atomic E-state index is 11.8. The van der Waals surface area contributed by atoms with Crippen LogP contribution in [0.25, 0.3) is 0 Å². The highest BCUT2D eigenvalue weighted by atomic mass is 16.5. The van der Waals surface area contributed by atoms with Crippen LogP contribution in [0, 0.1) is 6.92 Å². The van der Waals surface area contributed by atoms with Crippen molar-refractivity contribution in [1.29, 1.82) is 0 Å². The monoisotopic (exact) mass is 326 g/mol. The van der Waals surface area contributed by atoms with E-state index in [1.165, 1.54) is 5.56 Å². The highest BCUT2D eigenvalue weighted by molar-refractivity contribution is 5.73. The Balaban J connectivity index is 1.85. The lowest BCUT2D eigenvalue weighted by atomic mass is 9.85. The van der Waals surface area contributed by atoms with E-state index in [1.54, 1.807) is 0 Å². The summed E-state index contributed by atoms with van der Waals surface area (Å²) in [4.78, 5) is 11.8. The molecular weight excluding hydrogens is 300 g/mol. The zero-order chi connectivity index (χ0) is 17.6. The van der Waals surface area contributed by atoms with Crippen molar-refractivity contribution in [2.24, 2.45) is 0 Å². The summed E-state index contributed by atoms with van der Waals surface area (Å²) in [6, 6.07) is 15.6. The molecule has 0 atom stereocenters. The number of carbonyl (C=O) groups is 1. The van der Waals surface area contributed by atoms with Crippen molar-refractivity contribution in [3.63, 3.8) is 0 Å². The van der Waals surface area contributed by atoms with Crippen LogP contribution in [-0.2, 0) is 12.0 Å². The van der Waals surface area contributed by atoms with E-state index in [-0.39, 0.29) is 18.2 Å². The van der Waals surface area contributed by atoms with Gasteiger partial charge in [0.2, 0.25) is 0 Å². The van der Waals surface area contributed by atoms with Gasteiger partial charge in [-0.15, -0.1) is 0 Å². The molecule has 2 aromatic carbocycles. The molecule has 0 saturated carbocycles. The Bertz CT molecular complexity index is 676. The molecule has 24 heavy (non-hydrogen) atoms. The van der Waals surface area contributed by atoms with Gasteiger partial charge in [-0.3, -0.25) is 0 Å². The standard InChI is InChI=1S/C20H26N2O2/c1-15-10-11-18(17(12-15)20(2,3)4)24-14-22-19(23)21-13-16-8-6-5-7-9-16/h5-12H,13-14H2,1-4H3,(H2,21,22,23). The van der Waals surface area contributed by atoms with Gasteiger partial charge in [0.1, 0.15) is 5.75 Å². The highest BCUT2D eigenvalue weighted by Gasteiger charge is 2.19. The molecule has 0 radical (unpaired) electrons. The number of ether oxygens (including phenoxy) is 1. The lowest BCUT2D eigenvalue weighted by molar-refractivity contribution is 0.222. The first-order valence-corrected chi connectivity index (χ1v) is 8.16. The van der Waals surface area contributed by atoms with E-state index in [2.05, 4.69) is 44.4 Å². The fourth-order valence-corrected chi connectivity index (χ4v) is 2.38. The molecule has 2 amide bonds. The Morgan fingerprint density at radius 2 is 1.75 bits per heavy atom. The maximum Gasteiger partial charge on any atom is 0.317 e. The number of rotatable bonds is 5. The topological polar surface area (TPSA) is 50.4 Å². The number of nitrogens with one attached hydrogen (secondary N) is 2. The molecule has 0 aliphatic carbocycles. The molecule has 2 rings (SSSR count). The van der Waals surface area contributed by atoms with Gasteiger partial charge in [0.05, 0.1) is 0 Å². The first-order valence-electron chi connectivity index (χ1n) is 8.16. The summed E-state index contributed by atoms with van der Waals surface area (Å²) in [5.41, 5.74) is 3.37. The van der Waals surface area contributed by atoms with Crippen LogP contribution in [0.15, 0.2) is 48.5 Å². The Hall–Kier alpha value is -2.49. The van der Waals surface area contributed by atoms with Crippen LogP contribution in [0.4, 0.5) is 4.79 Å². The van der Waals surface area contributed by atoms with Crippen LogP contribution in [0.3, 0.4) is 0 Å². The predicted octanol–water partition coefficient (Wildman–Crippen LogP) is 4.13. The van der Waals surface area contributed by atoms with E-state index in [1.807, 2.05) is 42.5 Å². The molecular formula is C20H26N2O2. The number of benzene rings is 2. The van der Waals surface area contributed by atoms with Crippen LogP contribution >= 0.6 is 0 Å². The minimum Gasteiger partial charge on any atom is -0.473 e. The molecule has 0 unspecified atom stereocenters. The second-order valence-electron chi connectivity index (χ2n) is 6.88. The third-order valence-electron chi connectivity index (χ3n) is 3.70. The van der Waals surface area contributed by atoms with Crippen molar-refractivity contribution in [3.05, 3.63) is 65.2 Å². The Labute approximate surface area is 144 Å². The van der Waals surface area contributed by atoms with Crippen molar-refractivity contribution < 1.29 is 9.53 Å². The second-order valence-corrected chi connectivity index (χ2v) is 6.88. The van der Waals surface area contributed by atoms with Gasteiger partial charge in [0.15, 0.2) is 6.73 Å². The largest absolute Gasteiger partial charge is 0.473 e. The number of hydrogen-bond donors (Lipinski definition) is 2. The molecule has 0 aliphatic heterocycles. The fraction of sp³-hybridized carbons (Fsp3) is 0.350. The molecule has 0 aliphatic rings. The molecule has 0 fully saturated rings. The summed E-state index contributed by atoms with van der Waals surface area (Å²) < 4.78 is 5.77. The lowest BCUT2D eigenvalue weighted by Gasteiger charge is -2.23. The van der Waals surface area contributed by atoms with E-state index < -0.39 is 0 Å². The molecule has 4 nitrogen and oxygen atoms in total. The van der Waals surface area contributed by atoms with Crippen LogP contribution in [0.5, 0.6) is 5.75 Å². The van der Waals surface area contributed by atoms with Gasteiger partial charge < -0.3 is 15.4 Å². The van der Waals surface area contributed by atoms with Gasteiger partial charge >= 0.3 is 6.03 Å². The number of carbonyl (C=O) groups excluding carboxylic acids is 1. The van der Waals surface area contributed by atoms with Crippen LogP contribution in [0.1, 0.15) is 37.5 Å². The maximum atomic E-state index is 11.8. The predicted molar refractivity (Wildman–Crippen MR) is 97.2 cm³/mol. The molecule has 128 valence electrons. The molecule has 0 bridgehead atoms. The molecule has 2 N–H and O–H groups in total. The summed E-state index contributed by atoms with van der Waals surface area (Å²) in [5.74, 6) is 0.802. The van der Waals surface area contributed by atoms with E-state index in [0.717, 1.165) is 16.9 Å². The molecule has 0 heterocycles. The van der Waals surface area contributed by atoms with Crippen molar-refractivity contribution >= 4 is 6.03 Å². The first kappa shape index (κ1) is 17.9. The Morgan fingerprint density at radius 1 is 1.04 bits per heavy atom. The van der Waals surface area contributed by atoms with Gasteiger partial charge in [-0.05, 0) is 29.5 Å². The Kier molecular flexibility index (Phi) is 5.85. The number of aryl methyl sites for hydroxylation is 1. The quantitative estimate of drug-likeness (QED) is 0.812. The number of amides is 2. The molecule has 4 heteroatoms. The summed E-state index contributed by atoms with van der Waals surface area (Å²) >= 11 is 0. The minimum atomic E-state index is -0.247. The number of urea groups is 1. The summed E-state index contributed by atoms with van der Waals surface area (Å²) in [7, 11) is 0. The van der Waals surface area contributed by atoms with E-state index in [4.69, 9.17) is 4.74 Å². The van der Waals surface area contributed by atoms with Crippen molar-refractivity contribution in [2.45, 2.75) is 39.7 Å². The third-order valence-corrected chi connectivity index (χ3v) is 3.70. The van der Waals surface area contributed by atoms with Crippen LogP contribution < -0.4 is 15.4 Å². The Morgan fingerprint density at radius 3 is 2.42 bits per heavy atom. The molecule has 0 spiro atoms. The first-order chi connectivity index (χ1) is 11.4. The molecule has 2 aromatic rings. The zero-order valence-corrected chi connectivity index (χ0v) is 14.8. The lowest BCUT2D eigenvalue weighted by Crippen LogP contribution is -2.37. The summed E-state index contributed by atoms with van der Waals surface area (Å²) in [6.07, 6.45) is 0. The smallest absolute Gasteiger partial charge is 0.317 e. The fourth-order valence-electron chi connectivity index (χ4n) is 2.38. The van der Waals surface area contributed by atoms with E-state index in [0.29, 0.717) is 6.54 Å². The second kappa shape index (κ2) is 7.86. The van der Waals surface area contributed by atoms with Crippen molar-refractivity contribution in [2.75, 3.05) is 6.73 Å². The zero-order valence-electron chi connectivity index (χ0n) is 14.8. The van der Waals surface area contributed by atoms with E-state index in [9.17, 15) is 4.79 Å². The summed E-state index contributed by atoms with van der Waals surface area (Å²) in [5, 5.41) is 5.53. The van der Waals surface area contributed by atoms with Crippen LogP contribution in [-0.4, -0.2) is 12.8 Å². The van der Waals surface area contributed by atoms with Gasteiger partial charge in [0.25, 0.3) is 0 Å². The van der Waals surface area contributed by atoms with E-state index >= 15 is 0 Å².